The first-order valence-corrected chi connectivity index (χ1v) is 8.31. The number of hydrogen-bond acceptors (Lipinski definition) is 5. The van der Waals surface area contributed by atoms with E-state index >= 15 is 0 Å². The van der Waals surface area contributed by atoms with Crippen LogP contribution < -0.4 is 10.6 Å². The molecule has 1 aliphatic heterocycles. The summed E-state index contributed by atoms with van der Waals surface area (Å²) in [6.07, 6.45) is 0.542. The van der Waals surface area contributed by atoms with E-state index in [0.29, 0.717) is 23.6 Å². The molecule has 1 amide bonds. The van der Waals surface area contributed by atoms with E-state index in [9.17, 15) is 4.79 Å². The van der Waals surface area contributed by atoms with E-state index in [1.807, 2.05) is 6.07 Å². The molecule has 0 atom stereocenters. The standard InChI is InChI=1S/C16H24ClN3O3/c17-14-12-13(16(22)19-4-1-9-21)2-3-15(14)18-5-6-20-7-10-23-11-8-20/h2-3,12,18,21H,1,4-11H2,(H,19,22). The molecular weight excluding hydrogens is 318 g/mol. The molecule has 0 aliphatic carbocycles. The minimum absolute atomic E-state index is 0.0625. The van der Waals surface area contributed by atoms with Gasteiger partial charge in [0.1, 0.15) is 0 Å². The Morgan fingerprint density at radius 3 is 2.78 bits per heavy atom. The van der Waals surface area contributed by atoms with Gasteiger partial charge >= 0.3 is 0 Å². The summed E-state index contributed by atoms with van der Waals surface area (Å²) < 4.78 is 5.32. The number of benzene rings is 1. The second kappa shape index (κ2) is 9.72. The number of nitrogens with one attached hydrogen (secondary N) is 2. The van der Waals surface area contributed by atoms with Crippen molar-refractivity contribution in [2.75, 3.05) is 57.9 Å². The zero-order valence-electron chi connectivity index (χ0n) is 13.2. The fraction of sp³-hybridized carbons (Fsp3) is 0.562. The summed E-state index contributed by atoms with van der Waals surface area (Å²) in [5.41, 5.74) is 1.35. The molecular formula is C16H24ClN3O3. The maximum absolute atomic E-state index is 11.9. The number of morpholine rings is 1. The summed E-state index contributed by atoms with van der Waals surface area (Å²) in [5, 5.41) is 15.3. The van der Waals surface area contributed by atoms with Gasteiger partial charge in [-0.2, -0.15) is 0 Å². The van der Waals surface area contributed by atoms with Gasteiger partial charge < -0.3 is 20.5 Å². The van der Waals surface area contributed by atoms with Gasteiger partial charge in [-0.3, -0.25) is 9.69 Å². The lowest BCUT2D eigenvalue weighted by Crippen LogP contribution is -2.39. The molecule has 0 aromatic heterocycles. The lowest BCUT2D eigenvalue weighted by Gasteiger charge is -2.26. The number of anilines is 1. The number of amides is 1. The average molecular weight is 342 g/mol. The van der Waals surface area contributed by atoms with E-state index in [-0.39, 0.29) is 12.5 Å². The number of halogens is 1. The Balaban J connectivity index is 1.80. The van der Waals surface area contributed by atoms with Crippen LogP contribution in [0.15, 0.2) is 18.2 Å². The van der Waals surface area contributed by atoms with E-state index < -0.39 is 0 Å². The molecule has 3 N–H and O–H groups in total. The van der Waals surface area contributed by atoms with Gasteiger partial charge in [-0.05, 0) is 24.6 Å². The Bertz CT molecular complexity index is 507. The predicted octanol–water partition coefficient (Wildman–Crippen LogP) is 1.20. The summed E-state index contributed by atoms with van der Waals surface area (Å²) in [6.45, 7) is 5.75. The SMILES string of the molecule is O=C(NCCCO)c1ccc(NCCN2CCOCC2)c(Cl)c1. The predicted molar refractivity (Wildman–Crippen MR) is 91.2 cm³/mol. The van der Waals surface area contributed by atoms with Crippen LogP contribution >= 0.6 is 11.6 Å². The largest absolute Gasteiger partial charge is 0.396 e. The van der Waals surface area contributed by atoms with Gasteiger partial charge in [0.2, 0.25) is 0 Å². The molecule has 1 aliphatic rings. The van der Waals surface area contributed by atoms with E-state index in [2.05, 4.69) is 15.5 Å². The van der Waals surface area contributed by atoms with Crippen LogP contribution in [0.3, 0.4) is 0 Å². The molecule has 0 radical (unpaired) electrons. The molecule has 6 nitrogen and oxygen atoms in total. The van der Waals surface area contributed by atoms with Crippen molar-refractivity contribution < 1.29 is 14.6 Å². The number of rotatable bonds is 8. The van der Waals surface area contributed by atoms with Gasteiger partial charge in [0.05, 0.1) is 23.9 Å². The Morgan fingerprint density at radius 2 is 2.09 bits per heavy atom. The van der Waals surface area contributed by atoms with Crippen molar-refractivity contribution in [1.82, 2.24) is 10.2 Å². The molecule has 0 bridgehead atoms. The average Bonchev–Trinajstić information content (AvgIpc) is 2.57. The van der Waals surface area contributed by atoms with Gasteiger partial charge in [0, 0.05) is 44.9 Å². The van der Waals surface area contributed by atoms with Crippen LogP contribution in [0.2, 0.25) is 5.02 Å². The first kappa shape index (κ1) is 18.0. The second-order valence-electron chi connectivity index (χ2n) is 5.41. The van der Waals surface area contributed by atoms with Crippen LogP contribution in [0.25, 0.3) is 0 Å². The molecule has 1 fully saturated rings. The molecule has 128 valence electrons. The third-order valence-corrected chi connectivity index (χ3v) is 4.01. The Labute approximate surface area is 141 Å². The lowest BCUT2D eigenvalue weighted by molar-refractivity contribution is 0.0398. The molecule has 0 unspecified atom stereocenters. The van der Waals surface area contributed by atoms with E-state index in [1.165, 1.54) is 0 Å². The summed E-state index contributed by atoms with van der Waals surface area (Å²) in [7, 11) is 0. The molecule has 23 heavy (non-hydrogen) atoms. The summed E-state index contributed by atoms with van der Waals surface area (Å²) in [5.74, 6) is -0.180. The fourth-order valence-electron chi connectivity index (χ4n) is 2.36. The van der Waals surface area contributed by atoms with Gasteiger partial charge in [-0.25, -0.2) is 0 Å². The number of ether oxygens (including phenoxy) is 1. The highest BCUT2D eigenvalue weighted by Crippen LogP contribution is 2.22. The van der Waals surface area contributed by atoms with Crippen molar-refractivity contribution >= 4 is 23.2 Å². The minimum atomic E-state index is -0.180. The highest BCUT2D eigenvalue weighted by Gasteiger charge is 2.11. The highest BCUT2D eigenvalue weighted by molar-refractivity contribution is 6.33. The summed E-state index contributed by atoms with van der Waals surface area (Å²) in [4.78, 5) is 14.3. The quantitative estimate of drug-likeness (QED) is 0.620. The van der Waals surface area contributed by atoms with Crippen molar-refractivity contribution in [1.29, 1.82) is 0 Å². The van der Waals surface area contributed by atoms with Crippen LogP contribution in [0.5, 0.6) is 0 Å². The number of aliphatic hydroxyl groups is 1. The smallest absolute Gasteiger partial charge is 0.251 e. The van der Waals surface area contributed by atoms with Crippen LogP contribution in [-0.4, -0.2) is 68.5 Å². The maximum Gasteiger partial charge on any atom is 0.251 e. The van der Waals surface area contributed by atoms with Gasteiger partial charge in [-0.15, -0.1) is 0 Å². The summed E-state index contributed by atoms with van der Waals surface area (Å²) >= 11 is 6.24. The number of nitrogens with zero attached hydrogens (tertiary/aromatic N) is 1. The van der Waals surface area contributed by atoms with Crippen molar-refractivity contribution in [3.05, 3.63) is 28.8 Å². The van der Waals surface area contributed by atoms with Gasteiger partial charge in [-0.1, -0.05) is 11.6 Å². The monoisotopic (exact) mass is 341 g/mol. The number of aliphatic hydroxyl groups excluding tert-OH is 1. The molecule has 2 rings (SSSR count). The molecule has 0 spiro atoms. The molecule has 1 aromatic rings. The first-order chi connectivity index (χ1) is 11.2. The number of carbonyl (C=O) groups is 1. The van der Waals surface area contributed by atoms with Gasteiger partial charge in [0.25, 0.3) is 5.91 Å². The van der Waals surface area contributed by atoms with Crippen molar-refractivity contribution in [3.63, 3.8) is 0 Å². The molecule has 1 heterocycles. The van der Waals surface area contributed by atoms with Crippen LogP contribution in [-0.2, 0) is 4.74 Å². The summed E-state index contributed by atoms with van der Waals surface area (Å²) in [6, 6.07) is 5.23. The second-order valence-corrected chi connectivity index (χ2v) is 5.82. The van der Waals surface area contributed by atoms with E-state index in [4.69, 9.17) is 21.4 Å². The zero-order valence-corrected chi connectivity index (χ0v) is 13.9. The van der Waals surface area contributed by atoms with E-state index in [0.717, 1.165) is 45.1 Å². The van der Waals surface area contributed by atoms with Crippen LogP contribution in [0, 0.1) is 0 Å². The fourth-order valence-corrected chi connectivity index (χ4v) is 2.60. The lowest BCUT2D eigenvalue weighted by atomic mass is 10.2. The third kappa shape index (κ3) is 5.99. The molecule has 1 saturated heterocycles. The van der Waals surface area contributed by atoms with Crippen LogP contribution in [0.1, 0.15) is 16.8 Å². The molecule has 1 aromatic carbocycles. The first-order valence-electron chi connectivity index (χ1n) is 7.93. The molecule has 0 saturated carbocycles. The van der Waals surface area contributed by atoms with Crippen molar-refractivity contribution in [2.24, 2.45) is 0 Å². The van der Waals surface area contributed by atoms with Crippen molar-refractivity contribution in [2.45, 2.75) is 6.42 Å². The number of carbonyl (C=O) groups excluding carboxylic acids is 1. The Morgan fingerprint density at radius 1 is 1.30 bits per heavy atom. The third-order valence-electron chi connectivity index (χ3n) is 3.70. The zero-order chi connectivity index (χ0) is 16.5. The topological polar surface area (TPSA) is 73.8 Å². The Kier molecular flexibility index (Phi) is 7.61. The van der Waals surface area contributed by atoms with Gasteiger partial charge in [0.15, 0.2) is 0 Å². The maximum atomic E-state index is 11.9. The minimum Gasteiger partial charge on any atom is -0.396 e. The highest BCUT2D eigenvalue weighted by atomic mass is 35.5. The molecule has 7 heteroatoms. The Hall–Kier alpha value is -1.34. The van der Waals surface area contributed by atoms with E-state index in [1.54, 1.807) is 12.1 Å². The van der Waals surface area contributed by atoms with Crippen molar-refractivity contribution in [3.8, 4) is 0 Å². The van der Waals surface area contributed by atoms with Crippen LogP contribution in [0.4, 0.5) is 5.69 Å². The normalized spacial score (nSPS) is 15.4. The number of hydrogen-bond donors (Lipinski definition) is 3.